The van der Waals surface area contributed by atoms with Gasteiger partial charge in [-0.2, -0.15) is 4.68 Å². The molecule has 4 rings (SSSR count). The van der Waals surface area contributed by atoms with Gasteiger partial charge in [0.15, 0.2) is 0 Å². The standard InChI is InChI=1S/C16H16FN5S2/c1-11-14-6-8-24-15(14)5-7-20(11)10-21-16(23)22(19-18-21)13-4-2-3-12(17)9-13/h2-4,6,8-9,11H,5,7,10H2,1H3/t11-/m0/s1. The van der Waals surface area contributed by atoms with Gasteiger partial charge in [0.05, 0.1) is 12.4 Å². The van der Waals surface area contributed by atoms with E-state index >= 15 is 0 Å². The summed E-state index contributed by atoms with van der Waals surface area (Å²) >= 11 is 7.29. The number of hydrogen-bond donors (Lipinski definition) is 0. The quantitative estimate of drug-likeness (QED) is 0.669. The number of fused-ring (bicyclic) bond motifs is 1. The van der Waals surface area contributed by atoms with Crippen LogP contribution in [-0.4, -0.2) is 31.2 Å². The Morgan fingerprint density at radius 2 is 2.21 bits per heavy atom. The van der Waals surface area contributed by atoms with Crippen molar-refractivity contribution in [2.45, 2.75) is 26.1 Å². The number of thiophene rings is 1. The molecule has 1 atom stereocenters. The second-order valence-corrected chi connectivity index (χ2v) is 7.20. The van der Waals surface area contributed by atoms with E-state index in [1.807, 2.05) is 11.3 Å². The number of halogens is 1. The van der Waals surface area contributed by atoms with Crippen molar-refractivity contribution < 1.29 is 4.39 Å². The van der Waals surface area contributed by atoms with Gasteiger partial charge in [-0.05, 0) is 71.2 Å². The minimum absolute atomic E-state index is 0.321. The molecule has 0 N–H and O–H groups in total. The summed E-state index contributed by atoms with van der Waals surface area (Å²) in [4.78, 5) is 3.79. The predicted octanol–water partition coefficient (Wildman–Crippen LogP) is 3.58. The van der Waals surface area contributed by atoms with Gasteiger partial charge in [0.25, 0.3) is 0 Å². The van der Waals surface area contributed by atoms with Gasteiger partial charge in [0, 0.05) is 17.5 Å². The molecule has 0 saturated carbocycles. The van der Waals surface area contributed by atoms with Crippen LogP contribution in [-0.2, 0) is 13.1 Å². The molecule has 124 valence electrons. The lowest BCUT2D eigenvalue weighted by molar-refractivity contribution is 0.143. The van der Waals surface area contributed by atoms with Crippen molar-refractivity contribution in [3.8, 4) is 5.69 Å². The van der Waals surface area contributed by atoms with E-state index in [1.54, 1.807) is 16.8 Å². The van der Waals surface area contributed by atoms with E-state index in [4.69, 9.17) is 12.2 Å². The third-order valence-corrected chi connectivity index (χ3v) is 5.79. The molecule has 1 aromatic carbocycles. The molecule has 1 aliphatic rings. The van der Waals surface area contributed by atoms with Gasteiger partial charge >= 0.3 is 0 Å². The smallest absolute Gasteiger partial charge is 0.221 e. The highest BCUT2D eigenvalue weighted by Crippen LogP contribution is 2.32. The maximum atomic E-state index is 13.4. The number of tetrazole rings is 1. The summed E-state index contributed by atoms with van der Waals surface area (Å²) in [5, 5.41) is 10.4. The van der Waals surface area contributed by atoms with E-state index in [9.17, 15) is 4.39 Å². The molecule has 0 unspecified atom stereocenters. The Balaban J connectivity index is 1.60. The van der Waals surface area contributed by atoms with Crippen LogP contribution in [0.5, 0.6) is 0 Å². The normalized spacial score (nSPS) is 17.8. The molecule has 0 aliphatic carbocycles. The van der Waals surface area contributed by atoms with Gasteiger partial charge in [-0.25, -0.2) is 9.07 Å². The fourth-order valence-corrected chi connectivity index (χ4v) is 4.26. The highest BCUT2D eigenvalue weighted by molar-refractivity contribution is 7.71. The van der Waals surface area contributed by atoms with E-state index < -0.39 is 0 Å². The van der Waals surface area contributed by atoms with Gasteiger partial charge in [-0.15, -0.1) is 11.3 Å². The Hall–Kier alpha value is -1.90. The third-order valence-electron chi connectivity index (χ3n) is 4.41. The lowest BCUT2D eigenvalue weighted by Crippen LogP contribution is -2.35. The van der Waals surface area contributed by atoms with Crippen molar-refractivity contribution in [2.24, 2.45) is 0 Å². The molecule has 0 spiro atoms. The van der Waals surface area contributed by atoms with Crippen LogP contribution in [0.1, 0.15) is 23.4 Å². The van der Waals surface area contributed by atoms with Gasteiger partial charge in [0.2, 0.25) is 4.77 Å². The summed E-state index contributed by atoms with van der Waals surface area (Å²) in [7, 11) is 0. The van der Waals surface area contributed by atoms with Crippen LogP contribution in [0.25, 0.3) is 5.69 Å². The first-order valence-corrected chi connectivity index (χ1v) is 9.01. The number of nitrogens with zero attached hydrogens (tertiary/aromatic N) is 5. The number of hydrogen-bond acceptors (Lipinski definition) is 5. The molecular weight excluding hydrogens is 345 g/mol. The molecule has 3 heterocycles. The lowest BCUT2D eigenvalue weighted by atomic mass is 10.0. The number of benzene rings is 1. The molecule has 3 aromatic rings. The summed E-state index contributed by atoms with van der Waals surface area (Å²) in [6.07, 6.45) is 1.04. The van der Waals surface area contributed by atoms with Crippen molar-refractivity contribution in [3.63, 3.8) is 0 Å². The summed E-state index contributed by atoms with van der Waals surface area (Å²) < 4.78 is 17.1. The van der Waals surface area contributed by atoms with Crippen molar-refractivity contribution in [1.29, 1.82) is 0 Å². The van der Waals surface area contributed by atoms with E-state index in [2.05, 4.69) is 33.7 Å². The third kappa shape index (κ3) is 2.70. The number of rotatable bonds is 3. The van der Waals surface area contributed by atoms with Crippen LogP contribution in [0, 0.1) is 10.6 Å². The average molecular weight is 361 g/mol. The van der Waals surface area contributed by atoms with E-state index in [0.29, 0.717) is 23.2 Å². The van der Waals surface area contributed by atoms with E-state index in [1.165, 1.54) is 27.3 Å². The molecule has 2 aromatic heterocycles. The molecule has 0 radical (unpaired) electrons. The molecule has 8 heteroatoms. The maximum Gasteiger partial charge on any atom is 0.221 e. The van der Waals surface area contributed by atoms with Gasteiger partial charge in [-0.1, -0.05) is 6.07 Å². The largest absolute Gasteiger partial charge is 0.277 e. The first-order chi connectivity index (χ1) is 11.6. The Kier molecular flexibility index (Phi) is 4.03. The van der Waals surface area contributed by atoms with Crippen LogP contribution in [0.15, 0.2) is 35.7 Å². The minimum Gasteiger partial charge on any atom is -0.277 e. The average Bonchev–Trinajstić information content (AvgIpc) is 3.18. The van der Waals surface area contributed by atoms with Gasteiger partial charge in [-0.3, -0.25) is 4.90 Å². The monoisotopic (exact) mass is 361 g/mol. The fourth-order valence-electron chi connectivity index (χ4n) is 3.06. The van der Waals surface area contributed by atoms with Gasteiger partial charge in [0.1, 0.15) is 5.82 Å². The molecule has 1 aliphatic heterocycles. The van der Waals surface area contributed by atoms with Crippen LogP contribution in [0.2, 0.25) is 0 Å². The zero-order chi connectivity index (χ0) is 16.7. The zero-order valence-corrected chi connectivity index (χ0v) is 14.7. The second-order valence-electron chi connectivity index (χ2n) is 5.83. The maximum absolute atomic E-state index is 13.4. The van der Waals surface area contributed by atoms with Crippen LogP contribution in [0.4, 0.5) is 4.39 Å². The van der Waals surface area contributed by atoms with Gasteiger partial charge < -0.3 is 0 Å². The lowest BCUT2D eigenvalue weighted by Gasteiger charge is -2.32. The molecular formula is C16H16FN5S2. The van der Waals surface area contributed by atoms with Crippen molar-refractivity contribution in [2.75, 3.05) is 6.54 Å². The molecule has 0 bridgehead atoms. The molecule has 5 nitrogen and oxygen atoms in total. The first kappa shape index (κ1) is 15.6. The molecule has 24 heavy (non-hydrogen) atoms. The topological polar surface area (TPSA) is 38.9 Å². The molecule has 0 saturated heterocycles. The van der Waals surface area contributed by atoms with Crippen molar-refractivity contribution in [1.82, 2.24) is 24.7 Å². The Bertz CT molecular complexity index is 928. The van der Waals surface area contributed by atoms with Crippen LogP contribution in [0.3, 0.4) is 0 Å². The summed E-state index contributed by atoms with van der Waals surface area (Å²) in [6, 6.07) is 8.71. The summed E-state index contributed by atoms with van der Waals surface area (Å²) in [5.41, 5.74) is 1.97. The SMILES string of the molecule is C[C@H]1c2ccsc2CCN1Cn1nnn(-c2cccc(F)c2)c1=S. The zero-order valence-electron chi connectivity index (χ0n) is 13.1. The highest BCUT2D eigenvalue weighted by atomic mass is 32.1. The van der Waals surface area contributed by atoms with Crippen LogP contribution >= 0.6 is 23.6 Å². The Morgan fingerprint density at radius 1 is 1.33 bits per heavy atom. The molecule has 0 amide bonds. The Morgan fingerprint density at radius 3 is 3.04 bits per heavy atom. The van der Waals surface area contributed by atoms with E-state index in [0.717, 1.165) is 13.0 Å². The van der Waals surface area contributed by atoms with Crippen molar-refractivity contribution in [3.05, 3.63) is 56.7 Å². The first-order valence-electron chi connectivity index (χ1n) is 7.72. The minimum atomic E-state index is -0.321. The number of aromatic nitrogens is 4. The summed E-state index contributed by atoms with van der Waals surface area (Å²) in [5.74, 6) is -0.321. The second kappa shape index (κ2) is 6.19. The van der Waals surface area contributed by atoms with Crippen LogP contribution < -0.4 is 0 Å². The highest BCUT2D eigenvalue weighted by Gasteiger charge is 2.25. The predicted molar refractivity (Wildman–Crippen MR) is 93.3 cm³/mol. The summed E-state index contributed by atoms with van der Waals surface area (Å²) in [6.45, 7) is 3.74. The Labute approximate surface area is 147 Å². The fraction of sp³-hybridized carbons (Fsp3) is 0.312. The van der Waals surface area contributed by atoms with Crippen molar-refractivity contribution >= 4 is 23.6 Å². The molecule has 0 fully saturated rings. The van der Waals surface area contributed by atoms with E-state index in [-0.39, 0.29) is 5.82 Å².